The smallest absolute Gasteiger partial charge is 0.350 e. The van der Waals surface area contributed by atoms with Crippen LogP contribution in [-0.4, -0.2) is 18.1 Å². The van der Waals surface area contributed by atoms with Crippen molar-refractivity contribution in [2.45, 2.75) is 13.3 Å². The second kappa shape index (κ2) is 3.53. The summed E-state index contributed by atoms with van der Waals surface area (Å²) >= 11 is 1.16. The van der Waals surface area contributed by atoms with Crippen LogP contribution in [0.5, 0.6) is 0 Å². The lowest BCUT2D eigenvalue weighted by Crippen LogP contribution is -2.01. The van der Waals surface area contributed by atoms with E-state index in [1.54, 1.807) is 0 Å². The molecule has 0 aliphatic carbocycles. The predicted molar refractivity (Wildman–Crippen MR) is 47.2 cm³/mol. The van der Waals surface area contributed by atoms with E-state index in [0.717, 1.165) is 11.3 Å². The second-order valence-corrected chi connectivity index (χ2v) is 3.20. The van der Waals surface area contributed by atoms with E-state index >= 15 is 0 Å². The minimum absolute atomic E-state index is 0.360. The van der Waals surface area contributed by atoms with Gasteiger partial charge in [0.1, 0.15) is 4.88 Å². The van der Waals surface area contributed by atoms with E-state index in [9.17, 15) is 4.79 Å². The fourth-order valence-corrected chi connectivity index (χ4v) is 1.70. The number of ether oxygens (including phenoxy) is 1. The van der Waals surface area contributed by atoms with Crippen LogP contribution in [0.4, 0.5) is 5.13 Å². The molecule has 0 aliphatic rings. The number of hydrogen-bond acceptors (Lipinski definition) is 5. The lowest BCUT2D eigenvalue weighted by atomic mass is 10.3. The average molecular weight is 186 g/mol. The van der Waals surface area contributed by atoms with Gasteiger partial charge in [0.15, 0.2) is 5.13 Å². The SMILES string of the molecule is CCc1nc(N)sc1C(=O)OC. The van der Waals surface area contributed by atoms with Gasteiger partial charge in [0.05, 0.1) is 12.8 Å². The number of nitrogens with two attached hydrogens (primary N) is 1. The van der Waals surface area contributed by atoms with Gasteiger partial charge < -0.3 is 10.5 Å². The Kier molecular flexibility index (Phi) is 2.65. The van der Waals surface area contributed by atoms with Crippen LogP contribution < -0.4 is 5.73 Å². The van der Waals surface area contributed by atoms with Crippen LogP contribution in [0, 0.1) is 0 Å². The van der Waals surface area contributed by atoms with Gasteiger partial charge in [0, 0.05) is 0 Å². The number of aryl methyl sites for hydroxylation is 1. The van der Waals surface area contributed by atoms with Gasteiger partial charge in [0.25, 0.3) is 0 Å². The highest BCUT2D eigenvalue weighted by molar-refractivity contribution is 7.17. The van der Waals surface area contributed by atoms with E-state index in [-0.39, 0.29) is 5.97 Å². The number of esters is 1. The predicted octanol–water partition coefficient (Wildman–Crippen LogP) is 1.07. The molecule has 1 heterocycles. The molecule has 5 heteroatoms. The summed E-state index contributed by atoms with van der Waals surface area (Å²) in [6.07, 6.45) is 0.693. The van der Waals surface area contributed by atoms with E-state index in [1.165, 1.54) is 7.11 Å². The number of anilines is 1. The van der Waals surface area contributed by atoms with Crippen molar-refractivity contribution in [3.8, 4) is 0 Å². The fourth-order valence-electron chi connectivity index (χ4n) is 0.862. The minimum Gasteiger partial charge on any atom is -0.465 e. The number of thiazole rings is 1. The number of aromatic nitrogens is 1. The molecule has 0 aromatic carbocycles. The van der Waals surface area contributed by atoms with Gasteiger partial charge in [-0.25, -0.2) is 9.78 Å². The highest BCUT2D eigenvalue weighted by Crippen LogP contribution is 2.21. The van der Waals surface area contributed by atoms with Crippen molar-refractivity contribution in [3.63, 3.8) is 0 Å². The molecule has 0 radical (unpaired) electrons. The second-order valence-electron chi connectivity index (χ2n) is 2.17. The summed E-state index contributed by atoms with van der Waals surface area (Å²) in [5, 5.41) is 0.409. The molecule has 66 valence electrons. The molecule has 0 spiro atoms. The third-order valence-electron chi connectivity index (χ3n) is 1.42. The number of nitrogens with zero attached hydrogens (tertiary/aromatic N) is 1. The molecule has 1 rings (SSSR count). The van der Waals surface area contributed by atoms with E-state index < -0.39 is 0 Å². The van der Waals surface area contributed by atoms with E-state index in [0.29, 0.717) is 22.1 Å². The monoisotopic (exact) mass is 186 g/mol. The molecule has 0 aliphatic heterocycles. The van der Waals surface area contributed by atoms with Crippen molar-refractivity contribution in [3.05, 3.63) is 10.6 Å². The Labute approximate surface area is 74.4 Å². The first-order chi connectivity index (χ1) is 5.69. The molecular formula is C7H10N2O2S. The first-order valence-corrected chi connectivity index (χ1v) is 4.34. The number of methoxy groups -OCH3 is 1. The summed E-state index contributed by atoms with van der Waals surface area (Å²) in [7, 11) is 1.34. The third kappa shape index (κ3) is 1.55. The number of hydrogen-bond donors (Lipinski definition) is 1. The molecule has 0 amide bonds. The van der Waals surface area contributed by atoms with Gasteiger partial charge in [-0.15, -0.1) is 0 Å². The van der Waals surface area contributed by atoms with Crippen molar-refractivity contribution in [1.29, 1.82) is 0 Å². The van der Waals surface area contributed by atoms with E-state index in [1.807, 2.05) is 6.92 Å². The van der Waals surface area contributed by atoms with Crippen LogP contribution in [0.3, 0.4) is 0 Å². The van der Waals surface area contributed by atoms with Crippen LogP contribution in [0.15, 0.2) is 0 Å². The van der Waals surface area contributed by atoms with Crippen LogP contribution >= 0.6 is 11.3 Å². The summed E-state index contributed by atoms with van der Waals surface area (Å²) in [5.41, 5.74) is 6.16. The van der Waals surface area contributed by atoms with Crippen LogP contribution in [0.2, 0.25) is 0 Å². The Balaban J connectivity index is 3.04. The van der Waals surface area contributed by atoms with Gasteiger partial charge in [-0.05, 0) is 6.42 Å². The first kappa shape index (κ1) is 8.99. The Morgan fingerprint density at radius 2 is 2.42 bits per heavy atom. The Bertz CT molecular complexity index is 296. The lowest BCUT2D eigenvalue weighted by Gasteiger charge is -1.95. The standard InChI is InChI=1S/C7H10N2O2S/c1-3-4-5(6(10)11-2)12-7(8)9-4/h3H2,1-2H3,(H2,8,9). The Morgan fingerprint density at radius 1 is 1.75 bits per heavy atom. The van der Waals surface area contributed by atoms with E-state index in [2.05, 4.69) is 9.72 Å². The zero-order valence-electron chi connectivity index (χ0n) is 6.96. The van der Waals surface area contributed by atoms with Crippen molar-refractivity contribution in [2.75, 3.05) is 12.8 Å². The molecular weight excluding hydrogens is 176 g/mol. The summed E-state index contributed by atoms with van der Waals surface area (Å²) in [6, 6.07) is 0. The number of rotatable bonds is 2. The van der Waals surface area contributed by atoms with Crippen LogP contribution in [0.25, 0.3) is 0 Å². The number of carbonyl (C=O) groups is 1. The maximum atomic E-state index is 11.1. The summed E-state index contributed by atoms with van der Waals surface area (Å²) in [5.74, 6) is -0.360. The lowest BCUT2D eigenvalue weighted by molar-refractivity contribution is 0.0605. The topological polar surface area (TPSA) is 65.2 Å². The Morgan fingerprint density at radius 3 is 2.92 bits per heavy atom. The van der Waals surface area contributed by atoms with E-state index in [4.69, 9.17) is 5.73 Å². The van der Waals surface area contributed by atoms with Gasteiger partial charge >= 0.3 is 5.97 Å². The van der Waals surface area contributed by atoms with Crippen molar-refractivity contribution >= 4 is 22.4 Å². The molecule has 0 atom stereocenters. The molecule has 4 nitrogen and oxygen atoms in total. The zero-order valence-corrected chi connectivity index (χ0v) is 7.77. The highest BCUT2D eigenvalue weighted by Gasteiger charge is 2.15. The molecule has 2 N–H and O–H groups in total. The molecule has 12 heavy (non-hydrogen) atoms. The molecule has 1 aromatic rings. The molecule has 0 bridgehead atoms. The fraction of sp³-hybridized carbons (Fsp3) is 0.429. The van der Waals surface area contributed by atoms with Gasteiger partial charge in [-0.2, -0.15) is 0 Å². The van der Waals surface area contributed by atoms with Crippen molar-refractivity contribution in [1.82, 2.24) is 4.98 Å². The third-order valence-corrected chi connectivity index (χ3v) is 2.33. The largest absolute Gasteiger partial charge is 0.465 e. The highest BCUT2D eigenvalue weighted by atomic mass is 32.1. The number of carbonyl (C=O) groups excluding carboxylic acids is 1. The van der Waals surface area contributed by atoms with Crippen LogP contribution in [0.1, 0.15) is 22.3 Å². The van der Waals surface area contributed by atoms with Crippen molar-refractivity contribution in [2.24, 2.45) is 0 Å². The molecule has 0 saturated heterocycles. The summed E-state index contributed by atoms with van der Waals surface area (Å²) < 4.78 is 4.57. The first-order valence-electron chi connectivity index (χ1n) is 3.52. The van der Waals surface area contributed by atoms with Gasteiger partial charge in [0.2, 0.25) is 0 Å². The van der Waals surface area contributed by atoms with Gasteiger partial charge in [-0.3, -0.25) is 0 Å². The Hall–Kier alpha value is -1.10. The molecule has 1 aromatic heterocycles. The molecule has 0 unspecified atom stereocenters. The summed E-state index contributed by atoms with van der Waals surface area (Å²) in [6.45, 7) is 1.92. The van der Waals surface area contributed by atoms with Crippen LogP contribution in [-0.2, 0) is 11.2 Å². The maximum Gasteiger partial charge on any atom is 0.350 e. The molecule has 0 fully saturated rings. The van der Waals surface area contributed by atoms with Gasteiger partial charge in [-0.1, -0.05) is 18.3 Å². The molecule has 0 saturated carbocycles. The zero-order chi connectivity index (χ0) is 9.14. The minimum atomic E-state index is -0.360. The quantitative estimate of drug-likeness (QED) is 0.702. The number of nitrogen functional groups attached to an aromatic ring is 1. The average Bonchev–Trinajstić information content (AvgIpc) is 2.45. The van der Waals surface area contributed by atoms with Crippen molar-refractivity contribution < 1.29 is 9.53 Å². The maximum absolute atomic E-state index is 11.1. The summed E-state index contributed by atoms with van der Waals surface area (Å²) in [4.78, 5) is 15.6. The normalized spacial score (nSPS) is 9.83.